The van der Waals surface area contributed by atoms with Crippen molar-refractivity contribution in [1.29, 1.82) is 0 Å². The lowest BCUT2D eigenvalue weighted by Crippen LogP contribution is -2.10. The maximum Gasteiger partial charge on any atom is 0.284 e. The first-order valence-corrected chi connectivity index (χ1v) is 4.08. The monoisotopic (exact) mass is 193 g/mol. The molecule has 1 heterocycles. The quantitative estimate of drug-likeness (QED) is 0.748. The number of aromatic nitrogens is 1. The predicted molar refractivity (Wildman–Crippen MR) is 51.1 cm³/mol. The maximum atomic E-state index is 12.9. The van der Waals surface area contributed by atoms with Crippen molar-refractivity contribution in [3.8, 4) is 5.75 Å². The van der Waals surface area contributed by atoms with Crippen LogP contribution >= 0.6 is 0 Å². The summed E-state index contributed by atoms with van der Waals surface area (Å²) in [6, 6.07) is 6.34. The lowest BCUT2D eigenvalue weighted by molar-refractivity contribution is 0.418. The zero-order valence-corrected chi connectivity index (χ0v) is 7.50. The Balaban J connectivity index is 2.88. The van der Waals surface area contributed by atoms with Crippen molar-refractivity contribution in [2.75, 3.05) is 7.11 Å². The summed E-state index contributed by atoms with van der Waals surface area (Å²) in [5, 5.41) is 0.612. The lowest BCUT2D eigenvalue weighted by atomic mass is 10.2. The maximum absolute atomic E-state index is 12.9. The Morgan fingerprint density at radius 3 is 2.93 bits per heavy atom. The van der Waals surface area contributed by atoms with E-state index in [1.807, 2.05) is 0 Å². The number of methoxy groups -OCH3 is 1. The average molecular weight is 193 g/mol. The molecule has 0 aliphatic rings. The number of hydrogen-bond acceptors (Lipinski definition) is 2. The van der Waals surface area contributed by atoms with Gasteiger partial charge in [-0.1, -0.05) is 12.1 Å². The Morgan fingerprint density at radius 2 is 2.21 bits per heavy atom. The topological polar surface area (TPSA) is 42.1 Å². The fraction of sp³-hybridized carbons (Fsp3) is 0.100. The van der Waals surface area contributed by atoms with E-state index in [9.17, 15) is 9.18 Å². The molecule has 0 saturated carbocycles. The Bertz CT molecular complexity index is 533. The number of rotatable bonds is 1. The highest BCUT2D eigenvalue weighted by Crippen LogP contribution is 2.21. The molecule has 2 rings (SSSR count). The standard InChI is InChI=1S/C10H8FNO2/c1-14-8-4-2-3-6-5-7(11)10(13)12-9(6)8/h2-5H,1H3,(H,12,13). The Morgan fingerprint density at radius 1 is 1.43 bits per heavy atom. The van der Waals surface area contributed by atoms with Gasteiger partial charge in [-0.25, -0.2) is 4.39 Å². The van der Waals surface area contributed by atoms with Crippen LogP contribution in [0.1, 0.15) is 0 Å². The summed E-state index contributed by atoms with van der Waals surface area (Å²) in [5.41, 5.74) is -0.219. The van der Waals surface area contributed by atoms with Crippen molar-refractivity contribution in [3.63, 3.8) is 0 Å². The summed E-state index contributed by atoms with van der Waals surface area (Å²) in [6.07, 6.45) is 0. The van der Waals surface area contributed by atoms with E-state index in [1.54, 1.807) is 18.2 Å². The van der Waals surface area contributed by atoms with Crippen LogP contribution in [0.25, 0.3) is 10.9 Å². The summed E-state index contributed by atoms with van der Waals surface area (Å²) in [5.74, 6) is -0.259. The third-order valence-corrected chi connectivity index (χ3v) is 2.02. The number of para-hydroxylation sites is 1. The van der Waals surface area contributed by atoms with Crippen LogP contribution in [0.4, 0.5) is 4.39 Å². The molecule has 1 aromatic heterocycles. The van der Waals surface area contributed by atoms with E-state index >= 15 is 0 Å². The summed E-state index contributed by atoms with van der Waals surface area (Å²) in [4.78, 5) is 13.4. The van der Waals surface area contributed by atoms with Gasteiger partial charge >= 0.3 is 0 Å². The van der Waals surface area contributed by atoms with Gasteiger partial charge in [0.2, 0.25) is 0 Å². The second kappa shape index (κ2) is 3.14. The van der Waals surface area contributed by atoms with Crippen LogP contribution in [0.5, 0.6) is 5.75 Å². The van der Waals surface area contributed by atoms with Crippen LogP contribution in [0.15, 0.2) is 29.1 Å². The number of pyridine rings is 1. The van der Waals surface area contributed by atoms with Crippen LogP contribution in [-0.4, -0.2) is 12.1 Å². The van der Waals surface area contributed by atoms with Gasteiger partial charge in [-0.3, -0.25) is 4.79 Å². The summed E-state index contributed by atoms with van der Waals surface area (Å²) >= 11 is 0. The van der Waals surface area contributed by atoms with Crippen molar-refractivity contribution >= 4 is 10.9 Å². The minimum absolute atomic E-state index is 0.515. The molecule has 3 nitrogen and oxygen atoms in total. The van der Waals surface area contributed by atoms with E-state index in [2.05, 4.69) is 4.98 Å². The van der Waals surface area contributed by atoms with Crippen LogP contribution in [0, 0.1) is 5.82 Å². The molecule has 0 amide bonds. The molecule has 0 unspecified atom stereocenters. The van der Waals surface area contributed by atoms with Gasteiger partial charge in [0.05, 0.1) is 12.6 Å². The van der Waals surface area contributed by atoms with Gasteiger partial charge in [-0.2, -0.15) is 0 Å². The molecule has 0 fully saturated rings. The Labute approximate surface area is 79.1 Å². The van der Waals surface area contributed by atoms with Gasteiger partial charge in [0.25, 0.3) is 5.56 Å². The molecule has 0 spiro atoms. The molecule has 0 aliphatic heterocycles. The number of hydrogen-bond donors (Lipinski definition) is 1. The SMILES string of the molecule is COc1cccc2cc(F)c(=O)[nH]c12. The Kier molecular flexibility index (Phi) is 1.96. The molecule has 14 heavy (non-hydrogen) atoms. The Hall–Kier alpha value is -1.84. The van der Waals surface area contributed by atoms with Crippen LogP contribution < -0.4 is 10.3 Å². The van der Waals surface area contributed by atoms with E-state index in [1.165, 1.54) is 13.2 Å². The summed E-state index contributed by atoms with van der Waals surface area (Å²) in [7, 11) is 1.50. The number of aromatic amines is 1. The number of halogens is 1. The molecule has 0 radical (unpaired) electrons. The molecule has 0 aliphatic carbocycles. The number of benzene rings is 1. The van der Waals surface area contributed by atoms with Gasteiger partial charge in [0, 0.05) is 5.39 Å². The number of nitrogens with one attached hydrogen (secondary N) is 1. The molecule has 2 aromatic rings. The zero-order chi connectivity index (χ0) is 10.1. The van der Waals surface area contributed by atoms with Crippen molar-refractivity contribution in [2.45, 2.75) is 0 Å². The number of ether oxygens (including phenoxy) is 1. The first-order valence-electron chi connectivity index (χ1n) is 4.08. The zero-order valence-electron chi connectivity index (χ0n) is 7.50. The van der Waals surface area contributed by atoms with E-state index in [0.29, 0.717) is 16.7 Å². The fourth-order valence-electron chi connectivity index (χ4n) is 1.35. The molecular weight excluding hydrogens is 185 g/mol. The number of fused-ring (bicyclic) bond motifs is 1. The molecule has 1 aromatic carbocycles. The van der Waals surface area contributed by atoms with Crippen LogP contribution in [0.3, 0.4) is 0 Å². The summed E-state index contributed by atoms with van der Waals surface area (Å²) < 4.78 is 17.9. The predicted octanol–water partition coefficient (Wildman–Crippen LogP) is 1.68. The molecule has 4 heteroatoms. The van der Waals surface area contributed by atoms with Gasteiger partial charge in [0.1, 0.15) is 5.75 Å². The van der Waals surface area contributed by atoms with Crippen molar-refractivity contribution in [3.05, 3.63) is 40.4 Å². The van der Waals surface area contributed by atoms with E-state index in [0.717, 1.165) is 0 Å². The van der Waals surface area contributed by atoms with Crippen LogP contribution in [-0.2, 0) is 0 Å². The normalized spacial score (nSPS) is 10.4. The minimum Gasteiger partial charge on any atom is -0.495 e. The first kappa shape index (κ1) is 8.74. The van der Waals surface area contributed by atoms with E-state index in [4.69, 9.17) is 4.74 Å². The van der Waals surface area contributed by atoms with Crippen molar-refractivity contribution < 1.29 is 9.13 Å². The molecule has 1 N–H and O–H groups in total. The average Bonchev–Trinajstić information content (AvgIpc) is 2.19. The fourth-order valence-corrected chi connectivity index (χ4v) is 1.35. The second-order valence-corrected chi connectivity index (χ2v) is 2.87. The van der Waals surface area contributed by atoms with E-state index < -0.39 is 11.4 Å². The lowest BCUT2D eigenvalue weighted by Gasteiger charge is -2.03. The highest BCUT2D eigenvalue weighted by molar-refractivity contribution is 5.84. The molecular formula is C10H8FNO2. The first-order chi connectivity index (χ1) is 6.72. The number of H-pyrrole nitrogens is 1. The largest absolute Gasteiger partial charge is 0.495 e. The second-order valence-electron chi connectivity index (χ2n) is 2.87. The van der Waals surface area contributed by atoms with Crippen LogP contribution in [0.2, 0.25) is 0 Å². The minimum atomic E-state index is -0.786. The third kappa shape index (κ3) is 1.25. The third-order valence-electron chi connectivity index (χ3n) is 2.02. The van der Waals surface area contributed by atoms with Crippen molar-refractivity contribution in [2.24, 2.45) is 0 Å². The molecule has 0 saturated heterocycles. The van der Waals surface area contributed by atoms with Gasteiger partial charge in [-0.15, -0.1) is 0 Å². The summed E-state index contributed by atoms with van der Waals surface area (Å²) in [6.45, 7) is 0. The van der Waals surface area contributed by atoms with Gasteiger partial charge in [-0.05, 0) is 12.1 Å². The van der Waals surface area contributed by atoms with Gasteiger partial charge < -0.3 is 9.72 Å². The smallest absolute Gasteiger partial charge is 0.284 e. The van der Waals surface area contributed by atoms with E-state index in [-0.39, 0.29) is 0 Å². The van der Waals surface area contributed by atoms with Crippen molar-refractivity contribution in [1.82, 2.24) is 4.98 Å². The van der Waals surface area contributed by atoms with Gasteiger partial charge in [0.15, 0.2) is 5.82 Å². The molecule has 0 atom stereocenters. The molecule has 0 bridgehead atoms. The highest BCUT2D eigenvalue weighted by Gasteiger charge is 2.05. The molecule has 72 valence electrons. The highest BCUT2D eigenvalue weighted by atomic mass is 19.1.